The van der Waals surface area contributed by atoms with E-state index < -0.39 is 24.3 Å². The third kappa shape index (κ3) is 10.5. The van der Waals surface area contributed by atoms with Crippen LogP contribution < -0.4 is 0 Å². The van der Waals surface area contributed by atoms with Crippen LogP contribution in [-0.2, 0) is 25.6 Å². The van der Waals surface area contributed by atoms with Gasteiger partial charge in [0.15, 0.2) is 0 Å². The number of ether oxygens (including phenoxy) is 2. The molecule has 0 aromatic carbocycles. The maximum absolute atomic E-state index is 10.6. The van der Waals surface area contributed by atoms with E-state index >= 15 is 0 Å². The van der Waals surface area contributed by atoms with E-state index in [-0.39, 0.29) is 0 Å². The average Bonchev–Trinajstić information content (AvgIpc) is 3.48. The highest BCUT2D eigenvalue weighted by molar-refractivity contribution is 7.07. The number of nitrogens with zero attached hydrogens (tertiary/aromatic N) is 2. The first-order valence-corrected chi connectivity index (χ1v) is 13.3. The number of carboxylic acid groups (broad SMARTS) is 2. The number of piperidine rings is 1. The molecule has 3 aliphatic heterocycles. The third-order valence-corrected chi connectivity index (χ3v) is 7.96. The second kappa shape index (κ2) is 14.6. The number of thiophene rings is 1. The van der Waals surface area contributed by atoms with E-state index in [1.54, 1.807) is 0 Å². The van der Waals surface area contributed by atoms with Gasteiger partial charge in [-0.15, -0.1) is 0 Å². The fraction of sp³-hybridized carbons (Fsp3) is 0.750. The summed E-state index contributed by atoms with van der Waals surface area (Å²) in [6, 6.07) is 3.03. The molecule has 2 N–H and O–H groups in total. The summed E-state index contributed by atoms with van der Waals surface area (Å²) >= 11 is 1.81. The highest BCUT2D eigenvalue weighted by atomic mass is 32.1. The first-order valence-electron chi connectivity index (χ1n) is 12.3. The van der Waals surface area contributed by atoms with Crippen LogP contribution in [0.15, 0.2) is 16.8 Å². The van der Waals surface area contributed by atoms with Crippen LogP contribution in [0.5, 0.6) is 0 Å². The Hall–Kier alpha value is -1.94. The van der Waals surface area contributed by atoms with Gasteiger partial charge < -0.3 is 24.6 Å². The molecular formula is C24H34F6N2O6S. The zero-order chi connectivity index (χ0) is 29.3. The number of likely N-dealkylation sites (tertiary alicyclic amines) is 2. The van der Waals surface area contributed by atoms with Crippen molar-refractivity contribution in [3.05, 3.63) is 22.4 Å². The van der Waals surface area contributed by atoms with Crippen LogP contribution in [0.1, 0.15) is 31.2 Å². The van der Waals surface area contributed by atoms with Crippen LogP contribution in [0.4, 0.5) is 26.3 Å². The predicted octanol–water partition coefficient (Wildman–Crippen LogP) is 4.35. The summed E-state index contributed by atoms with van der Waals surface area (Å²) in [5.41, 5.74) is 1.94. The van der Waals surface area contributed by atoms with E-state index in [0.717, 1.165) is 32.4 Å². The van der Waals surface area contributed by atoms with Crippen LogP contribution in [-0.4, -0.2) is 103 Å². The molecule has 4 rings (SSSR count). The number of hydrogen-bond donors (Lipinski definition) is 2. The van der Waals surface area contributed by atoms with Gasteiger partial charge in [-0.05, 0) is 66.6 Å². The van der Waals surface area contributed by atoms with Crippen molar-refractivity contribution in [1.29, 1.82) is 0 Å². The van der Waals surface area contributed by atoms with Crippen LogP contribution in [0.3, 0.4) is 0 Å². The third-order valence-electron chi connectivity index (χ3n) is 7.22. The summed E-state index contributed by atoms with van der Waals surface area (Å²) in [5.74, 6) is -4.83. The Morgan fingerprint density at radius 2 is 1.62 bits per heavy atom. The van der Waals surface area contributed by atoms with Gasteiger partial charge in [-0.2, -0.15) is 37.7 Å². The van der Waals surface area contributed by atoms with Crippen molar-refractivity contribution in [1.82, 2.24) is 9.80 Å². The van der Waals surface area contributed by atoms with Crippen molar-refractivity contribution >= 4 is 23.3 Å². The minimum atomic E-state index is -5.08. The van der Waals surface area contributed by atoms with E-state index in [4.69, 9.17) is 29.3 Å². The van der Waals surface area contributed by atoms with Gasteiger partial charge in [-0.3, -0.25) is 4.90 Å². The number of carboxylic acids is 2. The Labute approximate surface area is 226 Å². The molecule has 0 aliphatic carbocycles. The lowest BCUT2D eigenvalue weighted by atomic mass is 9.71. The fourth-order valence-corrected chi connectivity index (χ4v) is 5.95. The van der Waals surface area contributed by atoms with Gasteiger partial charge >= 0.3 is 24.3 Å². The molecule has 0 bridgehead atoms. The minimum absolute atomic E-state index is 0.466. The summed E-state index contributed by atoms with van der Waals surface area (Å²) < 4.78 is 74.6. The lowest BCUT2D eigenvalue weighted by Gasteiger charge is -2.46. The van der Waals surface area contributed by atoms with Gasteiger partial charge in [0.2, 0.25) is 0 Å². The molecule has 1 atom stereocenters. The highest BCUT2D eigenvalue weighted by Crippen LogP contribution is 2.46. The molecule has 224 valence electrons. The predicted molar refractivity (Wildman–Crippen MR) is 129 cm³/mol. The number of carbonyl (C=O) groups is 2. The molecule has 3 fully saturated rings. The highest BCUT2D eigenvalue weighted by Gasteiger charge is 2.48. The summed E-state index contributed by atoms with van der Waals surface area (Å²) in [5, 5.41) is 18.7. The molecule has 0 amide bonds. The molecule has 0 radical (unpaired) electrons. The molecule has 3 saturated heterocycles. The molecule has 1 aromatic heterocycles. The second-order valence-corrected chi connectivity index (χ2v) is 10.6. The Balaban J connectivity index is 0.000000317. The molecule has 1 aromatic rings. The first kappa shape index (κ1) is 33.3. The average molecular weight is 593 g/mol. The van der Waals surface area contributed by atoms with Crippen LogP contribution in [0.25, 0.3) is 0 Å². The van der Waals surface area contributed by atoms with E-state index in [9.17, 15) is 26.3 Å². The van der Waals surface area contributed by atoms with Crippen molar-refractivity contribution < 1.29 is 55.6 Å². The van der Waals surface area contributed by atoms with Gasteiger partial charge in [0.1, 0.15) is 0 Å². The number of methoxy groups -OCH3 is 1. The number of hydrogen-bond acceptors (Lipinski definition) is 7. The number of halogens is 6. The smallest absolute Gasteiger partial charge is 0.475 e. The Kier molecular flexibility index (Phi) is 12.5. The molecule has 1 spiro atoms. The van der Waals surface area contributed by atoms with Gasteiger partial charge in [0.05, 0.1) is 6.61 Å². The lowest BCUT2D eigenvalue weighted by molar-refractivity contribution is -0.193. The van der Waals surface area contributed by atoms with Crippen molar-refractivity contribution in [3.8, 4) is 0 Å². The van der Waals surface area contributed by atoms with Crippen molar-refractivity contribution in [2.45, 2.75) is 50.6 Å². The van der Waals surface area contributed by atoms with E-state index in [1.165, 1.54) is 57.4 Å². The fourth-order valence-electron chi connectivity index (χ4n) is 5.29. The summed E-state index contributed by atoms with van der Waals surface area (Å²) in [6.45, 7) is 8.89. The normalized spacial score (nSPS) is 22.5. The molecule has 1 unspecified atom stereocenters. The SMILES string of the molecule is COCC1CN(Cc2ccsc2)CC12CCN(C1CCOCC1)CC2.O=C(O)C(F)(F)F.O=C(O)C(F)(F)F. The summed E-state index contributed by atoms with van der Waals surface area (Å²) in [4.78, 5) is 23.2. The monoisotopic (exact) mass is 592 g/mol. The van der Waals surface area contributed by atoms with E-state index in [0.29, 0.717) is 11.3 Å². The Bertz CT molecular complexity index is 861. The maximum Gasteiger partial charge on any atom is 0.490 e. The van der Waals surface area contributed by atoms with Gasteiger partial charge in [-0.1, -0.05) is 0 Å². The zero-order valence-corrected chi connectivity index (χ0v) is 22.3. The van der Waals surface area contributed by atoms with Crippen LogP contribution in [0, 0.1) is 11.3 Å². The molecule has 15 heteroatoms. The number of aliphatic carboxylic acids is 2. The Morgan fingerprint density at radius 3 is 2.05 bits per heavy atom. The zero-order valence-electron chi connectivity index (χ0n) is 21.5. The van der Waals surface area contributed by atoms with Crippen molar-refractivity contribution in [2.24, 2.45) is 11.3 Å². The lowest BCUT2D eigenvalue weighted by Crippen LogP contribution is -2.49. The first-order chi connectivity index (χ1) is 18.2. The largest absolute Gasteiger partial charge is 0.490 e. The summed E-state index contributed by atoms with van der Waals surface area (Å²) in [6.07, 6.45) is -5.06. The van der Waals surface area contributed by atoms with Crippen molar-refractivity contribution in [2.75, 3.05) is 53.1 Å². The number of alkyl halides is 6. The van der Waals surface area contributed by atoms with Gasteiger partial charge in [-0.25, -0.2) is 9.59 Å². The second-order valence-electron chi connectivity index (χ2n) is 9.80. The Morgan fingerprint density at radius 1 is 1.08 bits per heavy atom. The number of rotatable bonds is 5. The quantitative estimate of drug-likeness (QED) is 0.487. The van der Waals surface area contributed by atoms with Crippen LogP contribution >= 0.6 is 11.3 Å². The van der Waals surface area contributed by atoms with E-state index in [1.807, 2.05) is 18.4 Å². The van der Waals surface area contributed by atoms with E-state index in [2.05, 4.69) is 26.6 Å². The molecule has 39 heavy (non-hydrogen) atoms. The van der Waals surface area contributed by atoms with Crippen LogP contribution in [0.2, 0.25) is 0 Å². The van der Waals surface area contributed by atoms with Gasteiger partial charge in [0, 0.05) is 51.9 Å². The minimum Gasteiger partial charge on any atom is -0.475 e. The molecule has 4 heterocycles. The molecular weight excluding hydrogens is 558 g/mol. The topological polar surface area (TPSA) is 99.5 Å². The van der Waals surface area contributed by atoms with Gasteiger partial charge in [0.25, 0.3) is 0 Å². The molecule has 0 saturated carbocycles. The maximum atomic E-state index is 10.6. The molecule has 8 nitrogen and oxygen atoms in total. The van der Waals surface area contributed by atoms with Crippen molar-refractivity contribution in [3.63, 3.8) is 0 Å². The molecule has 3 aliphatic rings. The summed E-state index contributed by atoms with van der Waals surface area (Å²) in [7, 11) is 1.87. The standard InChI is InChI=1S/C20H32N2O2S.2C2HF3O2/c1-23-14-18-13-21(12-17-4-11-25-15-17)16-20(18)5-7-22(8-6-20)19-2-9-24-10-3-19;2*3-2(4,5)1(6)7/h4,11,15,18-19H,2-3,5-10,12-14,16H2,1H3;2*(H,6,7).